The lowest BCUT2D eigenvalue weighted by molar-refractivity contribution is -0.116. The predicted octanol–water partition coefficient (Wildman–Crippen LogP) is 3.92. The molecule has 4 rings (SSSR count). The van der Waals surface area contributed by atoms with Crippen molar-refractivity contribution >= 4 is 33.3 Å². The Balaban J connectivity index is 1.51. The van der Waals surface area contributed by atoms with E-state index in [0.29, 0.717) is 17.6 Å². The van der Waals surface area contributed by atoms with Gasteiger partial charge in [-0.25, -0.2) is 4.98 Å². The highest BCUT2D eigenvalue weighted by atomic mass is 32.1. The molecule has 1 aromatic carbocycles. The van der Waals surface area contributed by atoms with Crippen LogP contribution < -0.4 is 5.32 Å². The van der Waals surface area contributed by atoms with Crippen LogP contribution in [0.2, 0.25) is 0 Å². The minimum absolute atomic E-state index is 0.0267. The Labute approximate surface area is 132 Å². The van der Waals surface area contributed by atoms with Gasteiger partial charge in [0.15, 0.2) is 5.13 Å². The Kier molecular flexibility index (Phi) is 3.22. The number of hydrogen-bond acceptors (Lipinski definition) is 3. The standard InChI is InChI=1S/C17H17N3OS/c1-11-8-13-4-2-3-5-15(13)20(11)9-16(21)19-17-18-14(10-22-17)12-6-7-12/h2-5,8,10,12H,6-7,9H2,1H3,(H,18,19,21). The van der Waals surface area contributed by atoms with Crippen LogP contribution in [0.1, 0.15) is 30.1 Å². The largest absolute Gasteiger partial charge is 0.335 e. The lowest BCUT2D eigenvalue weighted by atomic mass is 10.2. The third kappa shape index (κ3) is 2.52. The number of nitrogens with one attached hydrogen (secondary N) is 1. The number of aromatic nitrogens is 2. The van der Waals surface area contributed by atoms with Crippen molar-refractivity contribution in [1.29, 1.82) is 0 Å². The van der Waals surface area contributed by atoms with Crippen molar-refractivity contribution in [2.45, 2.75) is 32.2 Å². The number of fused-ring (bicyclic) bond motifs is 1. The number of benzene rings is 1. The molecule has 1 aliphatic carbocycles. The van der Waals surface area contributed by atoms with E-state index >= 15 is 0 Å². The van der Waals surface area contributed by atoms with Gasteiger partial charge < -0.3 is 9.88 Å². The third-order valence-corrected chi connectivity index (χ3v) is 4.86. The number of thiazole rings is 1. The first-order valence-corrected chi connectivity index (χ1v) is 8.39. The monoisotopic (exact) mass is 311 g/mol. The normalized spacial score (nSPS) is 14.4. The summed E-state index contributed by atoms with van der Waals surface area (Å²) in [5.41, 5.74) is 3.31. The van der Waals surface area contributed by atoms with Crippen molar-refractivity contribution in [3.8, 4) is 0 Å². The Morgan fingerprint density at radius 2 is 2.23 bits per heavy atom. The molecule has 0 bridgehead atoms. The lowest BCUT2D eigenvalue weighted by Crippen LogP contribution is -2.19. The summed E-state index contributed by atoms with van der Waals surface area (Å²) in [5.74, 6) is 0.596. The number of amides is 1. The van der Waals surface area contributed by atoms with Crippen LogP contribution in [0.3, 0.4) is 0 Å². The highest BCUT2D eigenvalue weighted by Gasteiger charge is 2.26. The number of anilines is 1. The van der Waals surface area contributed by atoms with Crippen LogP contribution in [0.25, 0.3) is 10.9 Å². The van der Waals surface area contributed by atoms with Gasteiger partial charge in [-0.05, 0) is 37.3 Å². The van der Waals surface area contributed by atoms with E-state index in [1.54, 1.807) is 0 Å². The van der Waals surface area contributed by atoms with E-state index in [2.05, 4.69) is 27.8 Å². The van der Waals surface area contributed by atoms with Crippen molar-refractivity contribution in [1.82, 2.24) is 9.55 Å². The summed E-state index contributed by atoms with van der Waals surface area (Å²) < 4.78 is 2.04. The van der Waals surface area contributed by atoms with Gasteiger partial charge in [0, 0.05) is 22.5 Å². The van der Waals surface area contributed by atoms with E-state index in [4.69, 9.17) is 0 Å². The molecule has 2 aromatic heterocycles. The average molecular weight is 311 g/mol. The first-order chi connectivity index (χ1) is 10.7. The number of para-hydroxylation sites is 1. The van der Waals surface area contributed by atoms with E-state index in [1.165, 1.54) is 24.2 Å². The van der Waals surface area contributed by atoms with Crippen LogP contribution in [0.15, 0.2) is 35.7 Å². The van der Waals surface area contributed by atoms with E-state index < -0.39 is 0 Å². The van der Waals surface area contributed by atoms with Crippen molar-refractivity contribution in [2.75, 3.05) is 5.32 Å². The van der Waals surface area contributed by atoms with E-state index in [-0.39, 0.29) is 5.91 Å². The molecule has 1 fully saturated rings. The van der Waals surface area contributed by atoms with Gasteiger partial charge in [0.2, 0.25) is 5.91 Å². The first-order valence-electron chi connectivity index (χ1n) is 7.51. The van der Waals surface area contributed by atoms with Gasteiger partial charge in [-0.2, -0.15) is 0 Å². The van der Waals surface area contributed by atoms with Crippen molar-refractivity contribution in [3.05, 3.63) is 47.1 Å². The van der Waals surface area contributed by atoms with Gasteiger partial charge in [-0.15, -0.1) is 11.3 Å². The highest BCUT2D eigenvalue weighted by Crippen LogP contribution is 2.40. The van der Waals surface area contributed by atoms with Crippen molar-refractivity contribution in [2.24, 2.45) is 0 Å². The molecule has 1 N–H and O–H groups in total. The molecule has 1 saturated carbocycles. The molecule has 0 atom stereocenters. The zero-order valence-corrected chi connectivity index (χ0v) is 13.2. The molecule has 22 heavy (non-hydrogen) atoms. The van der Waals surface area contributed by atoms with Crippen LogP contribution in [0, 0.1) is 6.92 Å². The molecular formula is C17H17N3OS. The number of rotatable bonds is 4. The molecule has 112 valence electrons. The first kappa shape index (κ1) is 13.5. The molecule has 0 spiro atoms. The Bertz CT molecular complexity index is 845. The molecule has 4 nitrogen and oxygen atoms in total. The summed E-state index contributed by atoms with van der Waals surface area (Å²) in [7, 11) is 0. The Hall–Kier alpha value is -2.14. The summed E-state index contributed by atoms with van der Waals surface area (Å²) >= 11 is 1.51. The second kappa shape index (κ2) is 5.25. The molecule has 0 radical (unpaired) electrons. The minimum Gasteiger partial charge on any atom is -0.335 e. The van der Waals surface area contributed by atoms with Crippen molar-refractivity contribution < 1.29 is 4.79 Å². The molecular weight excluding hydrogens is 294 g/mol. The number of aryl methyl sites for hydroxylation is 1. The number of carbonyl (C=O) groups is 1. The second-order valence-corrected chi connectivity index (χ2v) is 6.69. The SMILES string of the molecule is Cc1cc2ccccc2n1CC(=O)Nc1nc(C2CC2)cs1. The van der Waals surface area contributed by atoms with Crippen LogP contribution in [-0.2, 0) is 11.3 Å². The van der Waals surface area contributed by atoms with E-state index in [0.717, 1.165) is 22.3 Å². The van der Waals surface area contributed by atoms with E-state index in [1.807, 2.05) is 29.7 Å². The van der Waals surface area contributed by atoms with Gasteiger partial charge >= 0.3 is 0 Å². The van der Waals surface area contributed by atoms with Gasteiger partial charge in [0.1, 0.15) is 6.54 Å². The third-order valence-electron chi connectivity index (χ3n) is 4.08. The summed E-state index contributed by atoms with van der Waals surface area (Å²) in [5, 5.41) is 6.86. The molecule has 5 heteroatoms. The second-order valence-electron chi connectivity index (χ2n) is 5.83. The van der Waals surface area contributed by atoms with Crippen LogP contribution in [0.4, 0.5) is 5.13 Å². The number of carbonyl (C=O) groups excluding carboxylic acids is 1. The molecule has 3 aromatic rings. The smallest absolute Gasteiger partial charge is 0.246 e. The molecule has 0 aliphatic heterocycles. The summed E-state index contributed by atoms with van der Waals surface area (Å²) in [6.07, 6.45) is 2.46. The quantitative estimate of drug-likeness (QED) is 0.794. The maximum Gasteiger partial charge on any atom is 0.246 e. The fraction of sp³-hybridized carbons (Fsp3) is 0.294. The summed E-state index contributed by atoms with van der Waals surface area (Å²) in [6, 6.07) is 10.2. The Morgan fingerprint density at radius 1 is 1.41 bits per heavy atom. The molecule has 0 unspecified atom stereocenters. The predicted molar refractivity (Wildman–Crippen MR) is 89.4 cm³/mol. The zero-order chi connectivity index (χ0) is 15.1. The number of hydrogen-bond donors (Lipinski definition) is 1. The van der Waals surface area contributed by atoms with Crippen LogP contribution in [-0.4, -0.2) is 15.5 Å². The maximum atomic E-state index is 12.3. The van der Waals surface area contributed by atoms with E-state index in [9.17, 15) is 4.79 Å². The molecule has 0 saturated heterocycles. The maximum absolute atomic E-state index is 12.3. The van der Waals surface area contributed by atoms with Gasteiger partial charge in [-0.3, -0.25) is 4.79 Å². The van der Waals surface area contributed by atoms with Crippen LogP contribution in [0.5, 0.6) is 0 Å². The summed E-state index contributed by atoms with van der Waals surface area (Å²) in [4.78, 5) is 16.8. The van der Waals surface area contributed by atoms with Gasteiger partial charge in [0.05, 0.1) is 5.69 Å². The minimum atomic E-state index is -0.0267. The fourth-order valence-corrected chi connectivity index (χ4v) is 3.58. The summed E-state index contributed by atoms with van der Waals surface area (Å²) in [6.45, 7) is 2.35. The topological polar surface area (TPSA) is 46.9 Å². The zero-order valence-electron chi connectivity index (χ0n) is 12.4. The van der Waals surface area contributed by atoms with Gasteiger partial charge in [0.25, 0.3) is 0 Å². The van der Waals surface area contributed by atoms with Gasteiger partial charge in [-0.1, -0.05) is 18.2 Å². The molecule has 1 amide bonds. The number of nitrogens with zero attached hydrogens (tertiary/aromatic N) is 2. The molecule has 2 heterocycles. The van der Waals surface area contributed by atoms with Crippen LogP contribution >= 0.6 is 11.3 Å². The fourth-order valence-electron chi connectivity index (χ4n) is 2.77. The average Bonchev–Trinajstić information content (AvgIpc) is 3.18. The molecule has 1 aliphatic rings. The lowest BCUT2D eigenvalue weighted by Gasteiger charge is -2.07. The van der Waals surface area contributed by atoms with Crippen molar-refractivity contribution in [3.63, 3.8) is 0 Å². The highest BCUT2D eigenvalue weighted by molar-refractivity contribution is 7.13. The Morgan fingerprint density at radius 3 is 3.05 bits per heavy atom.